The van der Waals surface area contributed by atoms with Crippen molar-refractivity contribution in [3.05, 3.63) is 259 Å². The molecule has 30 heteroatoms. The van der Waals surface area contributed by atoms with Gasteiger partial charge in [-0.1, -0.05) is 150 Å². The number of nitro groups is 1. The first-order valence-electron chi connectivity index (χ1n) is 33.0. The average Bonchev–Trinajstić information content (AvgIpc) is 1.10. The largest absolute Gasteiger partial charge is 0.530 e. The van der Waals surface area contributed by atoms with Gasteiger partial charge in [-0.3, -0.25) is 44.1 Å². The number of nitro benzene ring substituents is 1. The topological polar surface area (TPSA) is 286 Å². The predicted molar refractivity (Wildman–Crippen MR) is 420 cm³/mol. The van der Waals surface area contributed by atoms with E-state index in [1.807, 2.05) is 74.4 Å². The van der Waals surface area contributed by atoms with E-state index in [-0.39, 0.29) is 81.3 Å². The fourth-order valence-corrected chi connectivity index (χ4v) is 13.7. The maximum Gasteiger partial charge on any atom is 0.530 e. The van der Waals surface area contributed by atoms with Crippen molar-refractivity contribution in [2.24, 2.45) is 15.9 Å². The number of halogens is 4. The molecule has 23 nitrogen and oxygen atoms in total. The van der Waals surface area contributed by atoms with Crippen LogP contribution in [0.4, 0.5) is 5.69 Å². The molecule has 0 aromatic heterocycles. The minimum absolute atomic E-state index is 0.0370. The molecule has 4 aliphatic rings. The molecule has 4 amide bonds. The molecule has 0 aliphatic carbocycles. The minimum atomic E-state index is -3.89. The number of nitrogens with two attached hydrogens (primary N) is 1. The standard InChI is InChI=1S/C22H22O2.C14H8ClNO2S.C12H8Cl3O3P.C9H16N2.C7H8N2O3S.C7H6N2O3.C5H15N3/c1-22(17-7-5-4-6-8-17,18-9-13-20(23-2)14-10-18)19-11-15-21(24-3)16-12-19;15-9-5-7-10(8-6-9)19-16-13(17)11-3-1-2-4-12(11)14(16)18;13-9-5-1-3-7-11(9)17-19(15,16)18-12-8-4-2-6-10(12)14;1-2-5-9-10-6-4-8-11(9)7-3-1;8-2-1-3-13-9-6(10)4-12-5-7(9)11;10-8-5-6-3-1-2-4-7(6)9(11)12;1-7(2)5(6)8(3)4/h4-16H,1-3H3;2*1-8H;1-8H2;1,3-5H2;1-5,10H;5H,6H2,1-4H3/b;;;;;8-5+;. The molecular weight excluding hydrogens is 1500 g/mol. The lowest BCUT2D eigenvalue weighted by atomic mass is 9.71. The van der Waals surface area contributed by atoms with Crippen LogP contribution in [0.15, 0.2) is 215 Å². The van der Waals surface area contributed by atoms with Gasteiger partial charge in [0, 0.05) is 70.9 Å². The zero-order valence-electron chi connectivity index (χ0n) is 59.4. The van der Waals surface area contributed by atoms with E-state index in [9.17, 15) is 33.9 Å². The Balaban J connectivity index is 0.000000199. The first kappa shape index (κ1) is 85.9. The van der Waals surface area contributed by atoms with Crippen molar-refractivity contribution in [1.29, 1.82) is 5.26 Å². The summed E-state index contributed by atoms with van der Waals surface area (Å²) in [5, 5.41) is 30.7. The molecule has 8 aromatic carbocycles. The lowest BCUT2D eigenvalue weighted by molar-refractivity contribution is -0.385. The maximum atomic E-state index is 12.1. The highest BCUT2D eigenvalue weighted by molar-refractivity contribution is 7.98. The summed E-state index contributed by atoms with van der Waals surface area (Å²) < 4.78 is 39.8. The molecule has 12 rings (SSSR count). The van der Waals surface area contributed by atoms with Crippen LogP contribution >= 0.6 is 76.9 Å². The van der Waals surface area contributed by atoms with Gasteiger partial charge in [-0.25, -0.2) is 13.2 Å². The van der Waals surface area contributed by atoms with E-state index in [1.165, 1.54) is 96.3 Å². The van der Waals surface area contributed by atoms with Crippen LogP contribution < -0.4 is 24.3 Å². The van der Waals surface area contributed by atoms with E-state index < -0.39 is 11.9 Å². The maximum absolute atomic E-state index is 12.1. The summed E-state index contributed by atoms with van der Waals surface area (Å²) in [6, 6.07) is 62.0. The highest BCUT2D eigenvalue weighted by atomic mass is 35.7. The van der Waals surface area contributed by atoms with Gasteiger partial charge in [0.05, 0.1) is 64.0 Å². The van der Waals surface area contributed by atoms with Gasteiger partial charge in [-0.2, -0.15) is 5.26 Å². The summed E-state index contributed by atoms with van der Waals surface area (Å²) >= 11 is 25.5. The number of nitriles is 1. The zero-order chi connectivity index (χ0) is 77.2. The predicted octanol–water partition coefficient (Wildman–Crippen LogP) is 16.9. The Morgan fingerprint density at radius 1 is 0.689 bits per heavy atom. The van der Waals surface area contributed by atoms with Crippen LogP contribution in [0.2, 0.25) is 15.1 Å². The summed E-state index contributed by atoms with van der Waals surface area (Å²) in [6.45, 7) is 1.87. The normalized spacial score (nSPS) is 13.8. The average molecular weight is 1580 g/mol. The van der Waals surface area contributed by atoms with E-state index in [0.29, 0.717) is 28.3 Å². The number of nitrogens with zero attached hydrogens (tertiary/aromatic N) is 9. The highest BCUT2D eigenvalue weighted by Gasteiger charge is 2.37. The fraction of sp³-hybridized carbons (Fsp3) is 0.276. The number of oxime groups is 1. The minimum Gasteiger partial charge on any atom is -0.497 e. The van der Waals surface area contributed by atoms with Crippen molar-refractivity contribution in [2.75, 3.05) is 81.0 Å². The van der Waals surface area contributed by atoms with Crippen molar-refractivity contribution < 1.29 is 57.1 Å². The SMILES string of the molecule is C1CCC2=NCCCN2CC1.CN(C)C(N)N(C)C.COc1ccc(C(C)(c2ccccc2)c2ccc(OC)cc2)cc1.N#CCCSN1C(=O)COCC1=O.O=C1c2ccccc2C(=O)N1Sc1ccc(Cl)cc1.O=P(Cl)(Oc1ccccc1Cl)Oc1ccccc1Cl.O=[N+]([O-])c1ccccc1/C=N/O. The first-order chi connectivity index (χ1) is 50.8. The third kappa shape index (κ3) is 26.5. The van der Waals surface area contributed by atoms with Crippen LogP contribution in [0.25, 0.3) is 0 Å². The number of rotatable bonds is 18. The highest BCUT2D eigenvalue weighted by Crippen LogP contribution is 2.55. The number of fused-ring (bicyclic) bond motifs is 2. The van der Waals surface area contributed by atoms with Crippen LogP contribution in [0, 0.1) is 21.4 Å². The molecule has 0 saturated carbocycles. The third-order valence-electron chi connectivity index (χ3n) is 15.8. The molecule has 0 bridgehead atoms. The Kier molecular flexibility index (Phi) is 35.8. The number of ether oxygens (including phenoxy) is 3. The number of morpholine rings is 1. The van der Waals surface area contributed by atoms with Gasteiger partial charge in [0.1, 0.15) is 42.5 Å². The van der Waals surface area contributed by atoms with Crippen molar-refractivity contribution in [3.8, 4) is 29.1 Å². The number of carbonyl (C=O) groups is 4. The molecule has 0 spiro atoms. The van der Waals surface area contributed by atoms with Gasteiger partial charge in [-0.15, -0.1) is 0 Å². The van der Waals surface area contributed by atoms with Gasteiger partial charge in [-0.05, 0) is 186 Å². The fourth-order valence-electron chi connectivity index (χ4n) is 10.3. The number of hydrogen-bond donors (Lipinski definition) is 2. The van der Waals surface area contributed by atoms with Crippen LogP contribution in [0.1, 0.15) is 88.4 Å². The van der Waals surface area contributed by atoms with E-state index >= 15 is 0 Å². The summed E-state index contributed by atoms with van der Waals surface area (Å²) in [7, 11) is 11.2. The monoisotopic (exact) mass is 1580 g/mol. The summed E-state index contributed by atoms with van der Waals surface area (Å²) in [5.41, 5.74) is 10.2. The third-order valence-corrected chi connectivity index (χ3v) is 20.0. The van der Waals surface area contributed by atoms with E-state index in [2.05, 4.69) is 70.5 Å². The Bertz CT molecular complexity index is 4160. The number of carbonyl (C=O) groups excluding carboxylic acids is 4. The number of methoxy groups -OCH3 is 2. The van der Waals surface area contributed by atoms with Crippen molar-refractivity contribution in [3.63, 3.8) is 0 Å². The van der Waals surface area contributed by atoms with E-state index in [1.54, 1.807) is 111 Å². The lowest BCUT2D eigenvalue weighted by Crippen LogP contribution is -2.47. The second-order valence-electron chi connectivity index (χ2n) is 23.6. The smallest absolute Gasteiger partial charge is 0.497 e. The molecule has 2 saturated heterocycles. The zero-order valence-corrected chi connectivity index (χ0v) is 65.0. The number of imide groups is 2. The van der Waals surface area contributed by atoms with E-state index in [4.69, 9.17) is 85.5 Å². The van der Waals surface area contributed by atoms with Crippen LogP contribution in [-0.2, 0) is 24.3 Å². The van der Waals surface area contributed by atoms with Gasteiger partial charge in [0.2, 0.25) is 0 Å². The first-order valence-corrected chi connectivity index (χ1v) is 38.3. The van der Waals surface area contributed by atoms with Crippen molar-refractivity contribution in [2.45, 2.75) is 62.0 Å². The second kappa shape index (κ2) is 44.2. The number of amidine groups is 1. The molecule has 8 aromatic rings. The molecule has 0 unspecified atom stereocenters. The van der Waals surface area contributed by atoms with Crippen molar-refractivity contribution in [1.82, 2.24) is 23.3 Å². The molecule has 106 heavy (non-hydrogen) atoms. The number of para-hydroxylation sites is 3. The molecule has 4 aliphatic heterocycles. The van der Waals surface area contributed by atoms with Gasteiger partial charge < -0.3 is 39.1 Å². The van der Waals surface area contributed by atoms with Gasteiger partial charge >= 0.3 is 6.95 Å². The molecule has 560 valence electrons. The van der Waals surface area contributed by atoms with E-state index in [0.717, 1.165) is 57.4 Å². The number of hydrogen-bond acceptors (Lipinski definition) is 22. The van der Waals surface area contributed by atoms with Crippen LogP contribution in [0.3, 0.4) is 0 Å². The quantitative estimate of drug-likeness (QED) is 0.00771. The molecule has 0 atom stereocenters. The van der Waals surface area contributed by atoms with Gasteiger partial charge in [0.15, 0.2) is 0 Å². The number of aliphatic imine (C=N–C) groups is 1. The van der Waals surface area contributed by atoms with Gasteiger partial charge in [0.25, 0.3) is 29.3 Å². The summed E-state index contributed by atoms with van der Waals surface area (Å²) in [4.78, 5) is 68.0. The molecule has 4 heterocycles. The molecule has 2 fully saturated rings. The second-order valence-corrected chi connectivity index (χ2v) is 29.4. The Hall–Kier alpha value is -9.00. The Labute approximate surface area is 646 Å². The van der Waals surface area contributed by atoms with Crippen LogP contribution in [-0.4, -0.2) is 156 Å². The molecule has 3 N–H and O–H groups in total. The van der Waals surface area contributed by atoms with Crippen molar-refractivity contribution >= 4 is 118 Å². The molecule has 0 radical (unpaired) electrons. The molecular formula is C76H83Cl4N10O13PS2. The number of amides is 4. The number of benzene rings is 8. The lowest BCUT2D eigenvalue weighted by Gasteiger charge is -2.32. The van der Waals surface area contributed by atoms with Crippen LogP contribution in [0.5, 0.6) is 23.0 Å². The Morgan fingerprint density at radius 2 is 1.17 bits per heavy atom. The summed E-state index contributed by atoms with van der Waals surface area (Å²) in [5.74, 6) is 2.68. The Morgan fingerprint density at radius 3 is 1.65 bits per heavy atom. The summed E-state index contributed by atoms with van der Waals surface area (Å²) in [6.07, 6.45) is 8.02.